The Morgan fingerprint density at radius 2 is 1.70 bits per heavy atom. The lowest BCUT2D eigenvalue weighted by atomic mass is 10.1. The summed E-state index contributed by atoms with van der Waals surface area (Å²) in [7, 11) is 0. The van der Waals surface area contributed by atoms with Crippen LogP contribution in [0.2, 0.25) is 0 Å². The van der Waals surface area contributed by atoms with Crippen LogP contribution < -0.4 is 0 Å². The molecule has 0 atom stereocenters. The topological polar surface area (TPSA) is 63.6 Å². The normalized spacial score (nSPS) is 10.1. The number of para-hydroxylation sites is 1. The highest BCUT2D eigenvalue weighted by Crippen LogP contribution is 2.16. The van der Waals surface area contributed by atoms with E-state index in [2.05, 4.69) is 0 Å². The van der Waals surface area contributed by atoms with Crippen molar-refractivity contribution in [3.63, 3.8) is 0 Å². The Kier molecular flexibility index (Phi) is 4.10. The molecule has 1 N–H and O–H groups in total. The number of Topliss-reactive ketones (excluding diaryl/α,β-unsaturated/α-hetero) is 1. The van der Waals surface area contributed by atoms with E-state index in [-0.39, 0.29) is 16.9 Å². The van der Waals surface area contributed by atoms with Crippen LogP contribution in [0, 0.1) is 5.82 Å². The van der Waals surface area contributed by atoms with Crippen molar-refractivity contribution in [2.24, 2.45) is 0 Å². The molecule has 4 nitrogen and oxygen atoms in total. The fourth-order valence-corrected chi connectivity index (χ4v) is 1.57. The van der Waals surface area contributed by atoms with Crippen LogP contribution in [0.25, 0.3) is 0 Å². The van der Waals surface area contributed by atoms with E-state index in [0.717, 1.165) is 12.1 Å². The third kappa shape index (κ3) is 3.20. The first-order valence-corrected chi connectivity index (χ1v) is 5.82. The molecule has 0 spiro atoms. The molecule has 102 valence electrons. The number of halogens is 1. The molecule has 0 aliphatic carbocycles. The highest BCUT2D eigenvalue weighted by atomic mass is 19.1. The molecule has 0 aliphatic rings. The van der Waals surface area contributed by atoms with Crippen LogP contribution in [-0.4, -0.2) is 23.5 Å². The lowest BCUT2D eigenvalue weighted by molar-refractivity contribution is 0.0472. The molecule has 0 fully saturated rings. The molecule has 2 aromatic carbocycles. The number of carbonyl (C=O) groups is 2. The van der Waals surface area contributed by atoms with Crippen LogP contribution in [0.5, 0.6) is 5.75 Å². The highest BCUT2D eigenvalue weighted by molar-refractivity contribution is 5.99. The van der Waals surface area contributed by atoms with Gasteiger partial charge in [0.15, 0.2) is 12.4 Å². The smallest absolute Gasteiger partial charge is 0.342 e. The van der Waals surface area contributed by atoms with E-state index >= 15 is 0 Å². The molecule has 0 heterocycles. The van der Waals surface area contributed by atoms with Gasteiger partial charge in [-0.3, -0.25) is 4.79 Å². The third-order valence-electron chi connectivity index (χ3n) is 2.62. The van der Waals surface area contributed by atoms with Crippen molar-refractivity contribution < 1.29 is 23.8 Å². The number of phenolic OH excluding ortho intramolecular Hbond substituents is 1. The highest BCUT2D eigenvalue weighted by Gasteiger charge is 2.14. The van der Waals surface area contributed by atoms with Crippen molar-refractivity contribution in [3.05, 3.63) is 65.5 Å². The zero-order valence-corrected chi connectivity index (χ0v) is 10.4. The summed E-state index contributed by atoms with van der Waals surface area (Å²) in [6.45, 7) is -0.473. The molecule has 0 bridgehead atoms. The second-order valence-corrected chi connectivity index (χ2v) is 4.02. The van der Waals surface area contributed by atoms with E-state index in [9.17, 15) is 19.1 Å². The van der Waals surface area contributed by atoms with Crippen LogP contribution in [0.15, 0.2) is 48.5 Å². The fourth-order valence-electron chi connectivity index (χ4n) is 1.57. The largest absolute Gasteiger partial charge is 0.507 e. The summed E-state index contributed by atoms with van der Waals surface area (Å²) in [5.41, 5.74) is 0.232. The van der Waals surface area contributed by atoms with Crippen LogP contribution in [0.3, 0.4) is 0 Å². The number of ether oxygens (including phenoxy) is 1. The van der Waals surface area contributed by atoms with E-state index in [1.165, 1.54) is 24.3 Å². The summed E-state index contributed by atoms with van der Waals surface area (Å²) in [6.07, 6.45) is 0. The number of hydrogen-bond donors (Lipinski definition) is 1. The number of esters is 1. The van der Waals surface area contributed by atoms with Gasteiger partial charge in [-0.15, -0.1) is 0 Å². The zero-order valence-electron chi connectivity index (χ0n) is 10.4. The molecular formula is C15H11FO4. The minimum Gasteiger partial charge on any atom is -0.507 e. The predicted octanol–water partition coefficient (Wildman–Crippen LogP) is 2.57. The molecule has 0 saturated heterocycles. The minimum atomic E-state index is -0.793. The van der Waals surface area contributed by atoms with Gasteiger partial charge in [-0.05, 0) is 36.4 Å². The number of rotatable bonds is 4. The monoisotopic (exact) mass is 274 g/mol. The Morgan fingerprint density at radius 3 is 2.35 bits per heavy atom. The number of carbonyl (C=O) groups excluding carboxylic acids is 2. The lowest BCUT2D eigenvalue weighted by Gasteiger charge is -2.05. The second kappa shape index (κ2) is 5.97. The Bertz CT molecular complexity index is 635. The summed E-state index contributed by atoms with van der Waals surface area (Å²) in [6, 6.07) is 10.8. The summed E-state index contributed by atoms with van der Waals surface area (Å²) in [4.78, 5) is 23.4. The quantitative estimate of drug-likeness (QED) is 0.687. The standard InChI is InChI=1S/C15H11FO4/c16-11-7-5-10(6-8-11)14(18)9-20-15(19)12-3-1-2-4-13(12)17/h1-8,17H,9H2. The Hall–Kier alpha value is -2.69. The molecule has 2 aromatic rings. The van der Waals surface area contributed by atoms with Crippen LogP contribution >= 0.6 is 0 Å². The van der Waals surface area contributed by atoms with Gasteiger partial charge in [0.05, 0.1) is 0 Å². The minimum absolute atomic E-state index is 0.0144. The van der Waals surface area contributed by atoms with Crippen molar-refractivity contribution in [1.29, 1.82) is 0 Å². The van der Waals surface area contributed by atoms with Crippen molar-refractivity contribution in [2.45, 2.75) is 0 Å². The van der Waals surface area contributed by atoms with Gasteiger partial charge in [-0.1, -0.05) is 12.1 Å². The summed E-state index contributed by atoms with van der Waals surface area (Å²) < 4.78 is 17.5. The number of phenols is 1. The Morgan fingerprint density at radius 1 is 1.05 bits per heavy atom. The van der Waals surface area contributed by atoms with E-state index in [4.69, 9.17) is 4.74 Å². The van der Waals surface area contributed by atoms with Gasteiger partial charge in [-0.2, -0.15) is 0 Å². The van der Waals surface area contributed by atoms with Crippen molar-refractivity contribution in [2.75, 3.05) is 6.61 Å². The molecular weight excluding hydrogens is 263 g/mol. The molecule has 0 saturated carbocycles. The Labute approximate surface area is 114 Å². The molecule has 5 heteroatoms. The Balaban J connectivity index is 1.99. The average molecular weight is 274 g/mol. The lowest BCUT2D eigenvalue weighted by Crippen LogP contribution is -2.14. The van der Waals surface area contributed by atoms with E-state index in [1.807, 2.05) is 0 Å². The van der Waals surface area contributed by atoms with Crippen molar-refractivity contribution >= 4 is 11.8 Å². The number of benzene rings is 2. The molecule has 0 unspecified atom stereocenters. The van der Waals surface area contributed by atoms with Gasteiger partial charge in [0.1, 0.15) is 17.1 Å². The zero-order chi connectivity index (χ0) is 14.5. The molecule has 0 aromatic heterocycles. The summed E-state index contributed by atoms with van der Waals surface area (Å²) in [5, 5.41) is 9.47. The maximum absolute atomic E-state index is 12.7. The first kappa shape index (κ1) is 13.7. The fraction of sp³-hybridized carbons (Fsp3) is 0.0667. The van der Waals surface area contributed by atoms with Gasteiger partial charge in [0.2, 0.25) is 0 Å². The first-order valence-electron chi connectivity index (χ1n) is 5.82. The maximum atomic E-state index is 12.7. The summed E-state index contributed by atoms with van der Waals surface area (Å²) >= 11 is 0. The first-order chi connectivity index (χ1) is 9.58. The molecule has 0 amide bonds. The SMILES string of the molecule is O=C(COC(=O)c1ccccc1O)c1ccc(F)cc1. The number of hydrogen-bond acceptors (Lipinski definition) is 4. The molecule has 0 aliphatic heterocycles. The second-order valence-electron chi connectivity index (χ2n) is 4.02. The molecule has 2 rings (SSSR count). The van der Waals surface area contributed by atoms with Crippen LogP contribution in [0.4, 0.5) is 4.39 Å². The van der Waals surface area contributed by atoms with E-state index in [1.54, 1.807) is 12.1 Å². The molecule has 0 radical (unpaired) electrons. The summed E-state index contributed by atoms with van der Waals surface area (Å²) in [5.74, 6) is -1.91. The van der Waals surface area contributed by atoms with Gasteiger partial charge in [0, 0.05) is 5.56 Å². The number of ketones is 1. The average Bonchev–Trinajstić information content (AvgIpc) is 2.45. The van der Waals surface area contributed by atoms with Crippen molar-refractivity contribution in [3.8, 4) is 5.75 Å². The molecule has 20 heavy (non-hydrogen) atoms. The predicted molar refractivity (Wildman–Crippen MR) is 69.1 cm³/mol. The van der Waals surface area contributed by atoms with Gasteiger partial charge in [-0.25, -0.2) is 9.18 Å². The third-order valence-corrected chi connectivity index (χ3v) is 2.62. The van der Waals surface area contributed by atoms with Gasteiger partial charge in [0.25, 0.3) is 0 Å². The van der Waals surface area contributed by atoms with Gasteiger partial charge >= 0.3 is 5.97 Å². The number of aromatic hydroxyl groups is 1. The van der Waals surface area contributed by atoms with E-state index in [0.29, 0.717) is 0 Å². The van der Waals surface area contributed by atoms with Crippen LogP contribution in [0.1, 0.15) is 20.7 Å². The maximum Gasteiger partial charge on any atom is 0.342 e. The van der Waals surface area contributed by atoms with Crippen LogP contribution in [-0.2, 0) is 4.74 Å². The van der Waals surface area contributed by atoms with E-state index < -0.39 is 24.2 Å². The van der Waals surface area contributed by atoms with Crippen molar-refractivity contribution in [1.82, 2.24) is 0 Å². The van der Waals surface area contributed by atoms with Gasteiger partial charge < -0.3 is 9.84 Å².